The first kappa shape index (κ1) is 27.9. The Kier molecular flexibility index (Phi) is 9.43. The number of carboxylic acid groups (broad SMARTS) is 2. The molecule has 0 radical (unpaired) electrons. The van der Waals surface area contributed by atoms with E-state index in [2.05, 4.69) is 36.3 Å². The molecular formula is C28H34N2O7. The minimum absolute atomic E-state index is 0.00584. The van der Waals surface area contributed by atoms with E-state index in [4.69, 9.17) is 10.2 Å². The summed E-state index contributed by atoms with van der Waals surface area (Å²) >= 11 is 0. The molecule has 0 saturated heterocycles. The Balaban J connectivity index is 0.000000414. The summed E-state index contributed by atoms with van der Waals surface area (Å²) in [7, 11) is 0. The molecule has 0 unspecified atom stereocenters. The van der Waals surface area contributed by atoms with Crippen molar-refractivity contribution in [2.75, 3.05) is 6.54 Å². The molecule has 1 aliphatic carbocycles. The smallest absolute Gasteiger partial charge is 0.303 e. The van der Waals surface area contributed by atoms with Crippen LogP contribution in [0.15, 0.2) is 41.2 Å². The third-order valence-electron chi connectivity index (χ3n) is 6.63. The van der Waals surface area contributed by atoms with E-state index in [0.29, 0.717) is 29.1 Å². The summed E-state index contributed by atoms with van der Waals surface area (Å²) in [6, 6.07) is 11.3. The van der Waals surface area contributed by atoms with Gasteiger partial charge in [0.15, 0.2) is 0 Å². The van der Waals surface area contributed by atoms with Crippen molar-refractivity contribution in [3.63, 3.8) is 0 Å². The van der Waals surface area contributed by atoms with Gasteiger partial charge in [-0.15, -0.1) is 0 Å². The van der Waals surface area contributed by atoms with Gasteiger partial charge in [-0.05, 0) is 65.6 Å². The van der Waals surface area contributed by atoms with E-state index in [1.165, 1.54) is 34.4 Å². The number of aryl methyl sites for hydroxylation is 2. The molecule has 3 aromatic rings. The van der Waals surface area contributed by atoms with Crippen LogP contribution in [0.4, 0.5) is 0 Å². The Hall–Kier alpha value is -3.69. The van der Waals surface area contributed by atoms with Crippen molar-refractivity contribution in [2.24, 2.45) is 0 Å². The maximum absolute atomic E-state index is 11.6. The highest BCUT2D eigenvalue weighted by atomic mass is 16.4. The van der Waals surface area contributed by atoms with Gasteiger partial charge in [-0.2, -0.15) is 0 Å². The number of aliphatic hydroxyl groups is 1. The first-order chi connectivity index (χ1) is 17.6. The number of aromatic nitrogens is 1. The number of carboxylic acids is 2. The van der Waals surface area contributed by atoms with Crippen molar-refractivity contribution < 1.29 is 30.0 Å². The van der Waals surface area contributed by atoms with E-state index in [0.717, 1.165) is 25.7 Å². The highest BCUT2D eigenvalue weighted by Gasteiger charge is 2.24. The van der Waals surface area contributed by atoms with Crippen molar-refractivity contribution in [1.29, 1.82) is 0 Å². The Labute approximate surface area is 214 Å². The van der Waals surface area contributed by atoms with Crippen LogP contribution >= 0.6 is 0 Å². The summed E-state index contributed by atoms with van der Waals surface area (Å²) in [5.74, 6) is -2.15. The Bertz CT molecular complexity index is 1290. The fraction of sp³-hybridized carbons (Fsp3) is 0.393. The predicted octanol–water partition coefficient (Wildman–Crippen LogP) is 3.08. The lowest BCUT2D eigenvalue weighted by atomic mass is 9.97. The summed E-state index contributed by atoms with van der Waals surface area (Å²) in [6.07, 6.45) is 2.74. The Morgan fingerprint density at radius 1 is 0.973 bits per heavy atom. The first-order valence-electron chi connectivity index (χ1n) is 12.5. The molecule has 6 N–H and O–H groups in total. The van der Waals surface area contributed by atoms with Gasteiger partial charge in [0.1, 0.15) is 5.75 Å². The van der Waals surface area contributed by atoms with Crippen LogP contribution in [0.2, 0.25) is 0 Å². The number of aromatic amines is 1. The summed E-state index contributed by atoms with van der Waals surface area (Å²) in [5, 5.41) is 40.8. The molecule has 0 amide bonds. The lowest BCUT2D eigenvalue weighted by Gasteiger charge is -2.18. The average Bonchev–Trinajstić information content (AvgIpc) is 3.27. The number of H-pyrrole nitrogens is 1. The van der Waals surface area contributed by atoms with Gasteiger partial charge in [-0.1, -0.05) is 32.0 Å². The number of carbonyl (C=O) groups is 2. The summed E-state index contributed by atoms with van der Waals surface area (Å²) in [5.41, 5.74) is 6.49. The Morgan fingerprint density at radius 3 is 2.05 bits per heavy atom. The van der Waals surface area contributed by atoms with Gasteiger partial charge in [0.2, 0.25) is 5.56 Å². The fourth-order valence-corrected chi connectivity index (χ4v) is 4.73. The fourth-order valence-electron chi connectivity index (χ4n) is 4.73. The molecular weight excluding hydrogens is 476 g/mol. The minimum atomic E-state index is -1.08. The number of phenolic OH excluding ortho intramolecular Hbond substituents is 1. The van der Waals surface area contributed by atoms with E-state index >= 15 is 0 Å². The molecule has 1 aromatic heterocycles. The van der Waals surface area contributed by atoms with Crippen LogP contribution in [0.3, 0.4) is 0 Å². The van der Waals surface area contributed by atoms with E-state index in [1.807, 2.05) is 0 Å². The van der Waals surface area contributed by atoms with Crippen LogP contribution in [0.5, 0.6) is 5.75 Å². The number of aliphatic carboxylic acids is 2. The number of fused-ring (bicyclic) bond motifs is 2. The lowest BCUT2D eigenvalue weighted by Crippen LogP contribution is -2.33. The normalized spacial score (nSPS) is 13.6. The molecule has 9 heteroatoms. The van der Waals surface area contributed by atoms with Gasteiger partial charge in [-0.25, -0.2) is 0 Å². The van der Waals surface area contributed by atoms with Crippen LogP contribution in [0, 0.1) is 0 Å². The van der Waals surface area contributed by atoms with Gasteiger partial charge in [0.05, 0.1) is 24.5 Å². The highest BCUT2D eigenvalue weighted by Crippen LogP contribution is 2.30. The average molecular weight is 511 g/mol. The van der Waals surface area contributed by atoms with Crippen molar-refractivity contribution >= 4 is 22.8 Å². The number of benzene rings is 2. The van der Waals surface area contributed by atoms with Crippen molar-refractivity contribution in [1.82, 2.24) is 10.3 Å². The van der Waals surface area contributed by atoms with Gasteiger partial charge in [-0.3, -0.25) is 14.4 Å². The number of pyridine rings is 1. The van der Waals surface area contributed by atoms with Gasteiger partial charge in [0, 0.05) is 24.0 Å². The van der Waals surface area contributed by atoms with Crippen molar-refractivity contribution in [3.05, 3.63) is 74.6 Å². The number of phenols is 1. The maximum Gasteiger partial charge on any atom is 0.303 e. The van der Waals surface area contributed by atoms with Crippen molar-refractivity contribution in [3.8, 4) is 5.75 Å². The standard InChI is InChI=1S/C24H28N2O3.C4H6O4/c1-3-14-9-16-11-18(12-17(16)10-15(14)4-2)25-13-22(28)19-5-7-21(27)24-20(19)6-8-23(29)26-24;5-3(6)1-2-4(7)8/h5-10,18,22,25,27-28H,3-4,11-13H2,1-2H3,(H,26,29);1-2H2,(H,5,6)(H,7,8)/t22-;/m0./s1. The zero-order valence-corrected chi connectivity index (χ0v) is 21.1. The zero-order valence-electron chi connectivity index (χ0n) is 21.1. The number of rotatable bonds is 9. The van der Waals surface area contributed by atoms with Gasteiger partial charge < -0.3 is 30.7 Å². The number of aromatic hydroxyl groups is 1. The molecule has 0 bridgehead atoms. The van der Waals surface area contributed by atoms with E-state index < -0.39 is 18.0 Å². The molecule has 0 spiro atoms. The number of hydrogen-bond donors (Lipinski definition) is 6. The second kappa shape index (κ2) is 12.5. The number of nitrogens with one attached hydrogen (secondary N) is 2. The highest BCUT2D eigenvalue weighted by molar-refractivity contribution is 5.87. The topological polar surface area (TPSA) is 160 Å². The third kappa shape index (κ3) is 7.18. The molecule has 2 aromatic carbocycles. The van der Waals surface area contributed by atoms with Crippen LogP contribution in [-0.4, -0.2) is 49.9 Å². The first-order valence-corrected chi connectivity index (χ1v) is 12.5. The second-order valence-corrected chi connectivity index (χ2v) is 9.20. The lowest BCUT2D eigenvalue weighted by molar-refractivity contribution is -0.143. The summed E-state index contributed by atoms with van der Waals surface area (Å²) in [4.78, 5) is 33.5. The molecule has 0 saturated carbocycles. The van der Waals surface area contributed by atoms with E-state index in [1.54, 1.807) is 12.1 Å². The molecule has 9 nitrogen and oxygen atoms in total. The number of aliphatic hydroxyl groups excluding tert-OH is 1. The molecule has 37 heavy (non-hydrogen) atoms. The van der Waals surface area contributed by atoms with Crippen LogP contribution in [0.1, 0.15) is 60.6 Å². The number of hydrogen-bond acceptors (Lipinski definition) is 6. The summed E-state index contributed by atoms with van der Waals surface area (Å²) < 4.78 is 0. The summed E-state index contributed by atoms with van der Waals surface area (Å²) in [6.45, 7) is 4.83. The van der Waals surface area contributed by atoms with Gasteiger partial charge in [0.25, 0.3) is 0 Å². The predicted molar refractivity (Wildman–Crippen MR) is 140 cm³/mol. The molecule has 4 rings (SSSR count). The van der Waals surface area contributed by atoms with Gasteiger partial charge >= 0.3 is 11.9 Å². The van der Waals surface area contributed by atoms with Crippen LogP contribution in [-0.2, 0) is 35.3 Å². The van der Waals surface area contributed by atoms with Crippen LogP contribution in [0.25, 0.3) is 10.9 Å². The largest absolute Gasteiger partial charge is 0.506 e. The monoisotopic (exact) mass is 510 g/mol. The molecule has 1 heterocycles. The molecule has 0 aliphatic heterocycles. The van der Waals surface area contributed by atoms with Crippen molar-refractivity contribution in [2.45, 2.75) is 64.5 Å². The molecule has 198 valence electrons. The molecule has 1 atom stereocenters. The molecule has 0 fully saturated rings. The SMILES string of the molecule is CCc1cc2c(cc1CC)CC(NC[C@H](O)c1ccc(O)c3[nH]c(=O)ccc13)C2.O=C(O)CCC(=O)O. The third-order valence-corrected chi connectivity index (χ3v) is 6.63. The zero-order chi connectivity index (χ0) is 27.1. The minimum Gasteiger partial charge on any atom is -0.506 e. The van der Waals surface area contributed by atoms with E-state index in [9.17, 15) is 24.6 Å². The second-order valence-electron chi connectivity index (χ2n) is 9.20. The van der Waals surface area contributed by atoms with E-state index in [-0.39, 0.29) is 24.2 Å². The quantitative estimate of drug-likeness (QED) is 0.256. The molecule has 1 aliphatic rings. The Morgan fingerprint density at radius 2 is 1.54 bits per heavy atom. The van der Waals surface area contributed by atoms with Crippen LogP contribution < -0.4 is 10.9 Å². The maximum atomic E-state index is 11.6.